The number of hydrogen-bond donors (Lipinski definition) is 0. The molecule has 0 saturated carbocycles. The minimum absolute atomic E-state index is 0. The van der Waals surface area contributed by atoms with Crippen LogP contribution < -0.4 is 0 Å². The summed E-state index contributed by atoms with van der Waals surface area (Å²) in [6.45, 7) is 22.1. The molecule has 0 saturated heterocycles. The number of para-hydroxylation sites is 2. The molecule has 5 nitrogen and oxygen atoms in total. The molecule has 1 radical (unpaired) electrons. The quantitative estimate of drug-likeness (QED) is 0.161. The standard InChI is InChI=1S/C52H48N5.Ir/c1-48(2)39-29-35(30-40-44(39)52(9,50(48,5)6)51(7,8)49(40,3)4)41-26-24-34(31-53-41)47-55-45(32-18-12-10-13-19-32)54-46(56-47)33-25-27-43-38(28-33)37-22-16-17-23-42(37)57(43)36-20-14-11-15-21-36;/h10-29,31H,1-9H3;/q-1;. The SMILES string of the molecule is CC1(C)c2[c-]c(-c3ccc(-c4nc(-c5ccccc5)nc(-c5ccc6c(c5)c5ccccc5n6-c5ccccc5)n4)cn3)cc3c2C(C)(C1(C)C)C(C)(C)C3(C)C.[Ir]. The molecule has 3 heterocycles. The first-order chi connectivity index (χ1) is 27.2. The minimum atomic E-state index is -0.0653. The third kappa shape index (κ3) is 4.97. The van der Waals surface area contributed by atoms with Gasteiger partial charge in [0, 0.05) is 59.5 Å². The van der Waals surface area contributed by atoms with Crippen LogP contribution in [-0.2, 0) is 36.4 Å². The minimum Gasteiger partial charge on any atom is -0.309 e. The second-order valence-corrected chi connectivity index (χ2v) is 18.5. The maximum atomic E-state index is 5.13. The number of hydrogen-bond acceptors (Lipinski definition) is 4. The van der Waals surface area contributed by atoms with E-state index < -0.39 is 0 Å². The summed E-state index contributed by atoms with van der Waals surface area (Å²) >= 11 is 0. The Bertz CT molecular complexity index is 2850. The van der Waals surface area contributed by atoms with E-state index in [9.17, 15) is 0 Å². The van der Waals surface area contributed by atoms with Gasteiger partial charge in [-0.2, -0.15) is 0 Å². The summed E-state index contributed by atoms with van der Waals surface area (Å²) in [5.41, 5.74) is 12.3. The Balaban J connectivity index is 0.00000436. The van der Waals surface area contributed by atoms with E-state index in [2.05, 4.69) is 164 Å². The molecular weight excluding hydrogens is 887 g/mol. The third-order valence-electron chi connectivity index (χ3n) is 15.4. The van der Waals surface area contributed by atoms with Crippen molar-refractivity contribution in [3.8, 4) is 51.1 Å². The zero-order valence-electron chi connectivity index (χ0n) is 34.7. The summed E-state index contributed by atoms with van der Waals surface area (Å²) in [7, 11) is 0. The van der Waals surface area contributed by atoms with Crippen LogP contribution in [0.15, 0.2) is 128 Å². The molecule has 2 aliphatic rings. The predicted octanol–water partition coefficient (Wildman–Crippen LogP) is 12.7. The molecule has 58 heavy (non-hydrogen) atoms. The average Bonchev–Trinajstić information content (AvgIpc) is 3.67. The molecular formula is C52H48IrN5-. The molecule has 1 atom stereocenters. The van der Waals surface area contributed by atoms with Gasteiger partial charge < -0.3 is 9.55 Å². The van der Waals surface area contributed by atoms with Gasteiger partial charge in [0.15, 0.2) is 17.5 Å². The van der Waals surface area contributed by atoms with Gasteiger partial charge in [0.05, 0.1) is 11.0 Å². The van der Waals surface area contributed by atoms with Crippen LogP contribution in [-0.4, -0.2) is 24.5 Å². The van der Waals surface area contributed by atoms with Crippen molar-refractivity contribution in [3.05, 3.63) is 150 Å². The number of rotatable bonds is 5. The first-order valence-corrected chi connectivity index (χ1v) is 20.2. The molecule has 0 aliphatic heterocycles. The number of aromatic nitrogens is 5. The van der Waals surface area contributed by atoms with Gasteiger partial charge in [0.2, 0.25) is 0 Å². The van der Waals surface area contributed by atoms with Crippen molar-refractivity contribution in [2.45, 2.75) is 78.6 Å². The first kappa shape index (κ1) is 38.2. The van der Waals surface area contributed by atoms with Gasteiger partial charge in [0.25, 0.3) is 0 Å². The number of fused-ring (bicyclic) bond motifs is 3. The summed E-state index contributed by atoms with van der Waals surface area (Å²) < 4.78 is 2.32. The third-order valence-corrected chi connectivity index (χ3v) is 15.4. The Morgan fingerprint density at radius 1 is 0.517 bits per heavy atom. The molecule has 1 unspecified atom stereocenters. The van der Waals surface area contributed by atoms with Gasteiger partial charge in [-0.1, -0.05) is 141 Å². The van der Waals surface area contributed by atoms with Gasteiger partial charge in [-0.15, -0.1) is 34.4 Å². The maximum absolute atomic E-state index is 5.13. The Morgan fingerprint density at radius 3 is 1.76 bits per heavy atom. The van der Waals surface area contributed by atoms with Crippen LogP contribution in [0.5, 0.6) is 0 Å². The van der Waals surface area contributed by atoms with Crippen molar-refractivity contribution in [3.63, 3.8) is 0 Å². The van der Waals surface area contributed by atoms with Crippen LogP contribution in [0, 0.1) is 16.9 Å². The van der Waals surface area contributed by atoms with Crippen molar-refractivity contribution in [1.29, 1.82) is 0 Å². The Labute approximate surface area is 355 Å². The van der Waals surface area contributed by atoms with Crippen LogP contribution in [0.1, 0.15) is 79.0 Å². The summed E-state index contributed by atoms with van der Waals surface area (Å²) in [5.74, 6) is 1.83. The summed E-state index contributed by atoms with van der Waals surface area (Å²) in [6.07, 6.45) is 1.91. The molecule has 0 amide bonds. The van der Waals surface area contributed by atoms with E-state index >= 15 is 0 Å². The van der Waals surface area contributed by atoms with Crippen molar-refractivity contribution in [2.24, 2.45) is 10.8 Å². The van der Waals surface area contributed by atoms with Crippen LogP contribution in [0.3, 0.4) is 0 Å². The zero-order chi connectivity index (χ0) is 39.7. The van der Waals surface area contributed by atoms with Crippen LogP contribution in [0.2, 0.25) is 0 Å². The van der Waals surface area contributed by atoms with E-state index in [4.69, 9.17) is 19.9 Å². The van der Waals surface area contributed by atoms with Gasteiger partial charge in [-0.25, -0.2) is 15.0 Å². The van der Waals surface area contributed by atoms with E-state index in [1.165, 1.54) is 22.1 Å². The smallest absolute Gasteiger partial charge is 0.165 e. The first-order valence-electron chi connectivity index (χ1n) is 20.2. The molecule has 0 bridgehead atoms. The average molecular weight is 935 g/mol. The van der Waals surface area contributed by atoms with Gasteiger partial charge in [-0.3, -0.25) is 0 Å². The van der Waals surface area contributed by atoms with E-state index in [1.54, 1.807) is 0 Å². The predicted molar refractivity (Wildman–Crippen MR) is 234 cm³/mol. The number of nitrogens with zero attached hydrogens (tertiary/aromatic N) is 5. The summed E-state index contributed by atoms with van der Waals surface area (Å²) in [6, 6.07) is 46.3. The van der Waals surface area contributed by atoms with Crippen LogP contribution in [0.25, 0.3) is 72.9 Å². The van der Waals surface area contributed by atoms with E-state index in [1.807, 2.05) is 36.5 Å². The number of pyridine rings is 1. The second kappa shape index (κ2) is 12.9. The molecule has 0 fully saturated rings. The molecule has 0 spiro atoms. The number of benzene rings is 5. The Kier molecular flexibility index (Phi) is 8.47. The fourth-order valence-electron chi connectivity index (χ4n) is 10.5. The molecule has 10 rings (SSSR count). The Hall–Kier alpha value is -5.29. The molecule has 6 heteroatoms. The second-order valence-electron chi connectivity index (χ2n) is 18.5. The largest absolute Gasteiger partial charge is 0.309 e. The van der Waals surface area contributed by atoms with E-state index in [0.717, 1.165) is 50.1 Å². The normalized spacial score (nSPS) is 19.3. The Morgan fingerprint density at radius 2 is 1.09 bits per heavy atom. The van der Waals surface area contributed by atoms with E-state index in [-0.39, 0.29) is 47.2 Å². The molecule has 2 aliphatic carbocycles. The molecule has 3 aromatic heterocycles. The fraction of sp³-hybridized carbons (Fsp3) is 0.269. The van der Waals surface area contributed by atoms with Gasteiger partial charge in [0.1, 0.15) is 0 Å². The van der Waals surface area contributed by atoms with Gasteiger partial charge in [-0.05, 0) is 69.2 Å². The zero-order valence-corrected chi connectivity index (χ0v) is 37.1. The summed E-state index contributed by atoms with van der Waals surface area (Å²) in [4.78, 5) is 20.4. The topological polar surface area (TPSA) is 56.5 Å². The van der Waals surface area contributed by atoms with Crippen LogP contribution >= 0.6 is 0 Å². The van der Waals surface area contributed by atoms with Crippen molar-refractivity contribution in [2.75, 3.05) is 0 Å². The van der Waals surface area contributed by atoms with Crippen molar-refractivity contribution in [1.82, 2.24) is 24.5 Å². The van der Waals surface area contributed by atoms with Crippen molar-refractivity contribution >= 4 is 21.8 Å². The fourth-order valence-corrected chi connectivity index (χ4v) is 10.5. The molecule has 8 aromatic rings. The monoisotopic (exact) mass is 935 g/mol. The summed E-state index contributed by atoms with van der Waals surface area (Å²) in [5, 5.41) is 2.33. The van der Waals surface area contributed by atoms with E-state index in [0.29, 0.717) is 17.5 Å². The van der Waals surface area contributed by atoms with Crippen molar-refractivity contribution < 1.29 is 20.1 Å². The molecule has 0 N–H and O–H groups in total. The molecule has 5 aromatic carbocycles. The van der Waals surface area contributed by atoms with Crippen LogP contribution in [0.4, 0.5) is 0 Å². The molecule has 291 valence electrons. The van der Waals surface area contributed by atoms with Gasteiger partial charge >= 0.3 is 0 Å². The maximum Gasteiger partial charge on any atom is 0.165 e.